The van der Waals surface area contributed by atoms with Crippen molar-refractivity contribution in [3.8, 4) is 0 Å². The Labute approximate surface area is 131 Å². The molecule has 0 saturated heterocycles. The highest BCUT2D eigenvalue weighted by Gasteiger charge is 2.18. The number of carboxylic acid groups (broad SMARTS) is 2. The third-order valence-electron chi connectivity index (χ3n) is 2.36. The summed E-state index contributed by atoms with van der Waals surface area (Å²) in [5, 5.41) is 16.6. The molecule has 1 unspecified atom stereocenters. The fourth-order valence-electron chi connectivity index (χ4n) is 1.34. The molecule has 6 N–H and O–H groups in total. The van der Waals surface area contributed by atoms with E-state index in [2.05, 4.69) is 10.7 Å². The van der Waals surface area contributed by atoms with E-state index in [4.69, 9.17) is 10.2 Å². The molecular formula is C14H18N2O7. The van der Waals surface area contributed by atoms with Crippen LogP contribution in [0.3, 0.4) is 0 Å². The Morgan fingerprint density at radius 1 is 1.17 bits per heavy atom. The standard InChI is InChI=1S/C9H10O2.C5H6N2O4.H2O/c10-9(11)7-6-8-4-2-1-3-5-8;6-4(9)1-3(5(10)11)7-2-8;/h1-5H,6-7H2,(H,10,11);3H,1H2,(H2,6,9)(H,10,11);1H2. The number of hydrogen-bond acceptors (Lipinski definition) is 5. The molecule has 1 aromatic carbocycles. The van der Waals surface area contributed by atoms with Gasteiger partial charge < -0.3 is 21.4 Å². The Bertz CT molecular complexity index is 552. The maximum absolute atomic E-state index is 10.2. The number of nitrogens with two attached hydrogens (primary N) is 1. The summed E-state index contributed by atoms with van der Waals surface area (Å²) in [5.41, 5.74) is 5.75. The molecule has 1 aromatic rings. The topological polar surface area (TPSA) is 179 Å². The molecule has 0 fully saturated rings. The van der Waals surface area contributed by atoms with Crippen LogP contribution in [0, 0.1) is 0 Å². The van der Waals surface area contributed by atoms with E-state index in [0.29, 0.717) is 6.42 Å². The Kier molecular flexibility index (Phi) is 12.3. The van der Waals surface area contributed by atoms with E-state index in [-0.39, 0.29) is 11.9 Å². The molecule has 1 atom stereocenters. The third kappa shape index (κ3) is 12.4. The number of aliphatic carboxylic acids is 2. The summed E-state index contributed by atoms with van der Waals surface area (Å²) in [6, 6.07) is 8.22. The Hall–Kier alpha value is -3.03. The van der Waals surface area contributed by atoms with Gasteiger partial charge in [-0.3, -0.25) is 9.59 Å². The van der Waals surface area contributed by atoms with Crippen LogP contribution in [0.2, 0.25) is 0 Å². The van der Waals surface area contributed by atoms with E-state index in [1.165, 1.54) is 0 Å². The number of carboxylic acids is 2. The first-order valence-corrected chi connectivity index (χ1v) is 6.20. The number of carbonyl (C=O) groups excluding carboxylic acids is 2. The molecule has 126 valence electrons. The van der Waals surface area contributed by atoms with Gasteiger partial charge in [-0.15, -0.1) is 0 Å². The van der Waals surface area contributed by atoms with E-state index in [1.54, 1.807) is 0 Å². The zero-order valence-electron chi connectivity index (χ0n) is 12.1. The number of rotatable bonds is 7. The van der Waals surface area contributed by atoms with Crippen molar-refractivity contribution in [1.29, 1.82) is 0 Å². The molecule has 9 heteroatoms. The van der Waals surface area contributed by atoms with Gasteiger partial charge in [-0.1, -0.05) is 30.3 Å². The molecule has 23 heavy (non-hydrogen) atoms. The smallest absolute Gasteiger partial charge is 0.329 e. The summed E-state index contributed by atoms with van der Waals surface area (Å²) in [5.74, 6) is -2.93. The van der Waals surface area contributed by atoms with E-state index in [9.17, 15) is 19.2 Å². The Morgan fingerprint density at radius 3 is 2.13 bits per heavy atom. The highest BCUT2D eigenvalue weighted by Crippen LogP contribution is 2.01. The lowest BCUT2D eigenvalue weighted by atomic mass is 10.1. The van der Waals surface area contributed by atoms with Gasteiger partial charge in [0, 0.05) is 6.42 Å². The predicted octanol–water partition coefficient (Wildman–Crippen LogP) is -0.470. The lowest BCUT2D eigenvalue weighted by molar-refractivity contribution is -0.140. The number of carbonyl (C=O) groups is 3. The van der Waals surface area contributed by atoms with Crippen LogP contribution < -0.4 is 5.73 Å². The highest BCUT2D eigenvalue weighted by molar-refractivity contribution is 5.83. The summed E-state index contributed by atoms with van der Waals surface area (Å²) in [7, 11) is 0. The van der Waals surface area contributed by atoms with Crippen molar-refractivity contribution >= 4 is 23.9 Å². The van der Waals surface area contributed by atoms with Gasteiger partial charge in [0.1, 0.15) is 0 Å². The maximum Gasteiger partial charge on any atom is 0.329 e. The van der Waals surface area contributed by atoms with E-state index in [1.807, 2.05) is 30.3 Å². The van der Waals surface area contributed by atoms with Crippen molar-refractivity contribution in [2.45, 2.75) is 25.3 Å². The van der Waals surface area contributed by atoms with Crippen molar-refractivity contribution in [2.24, 2.45) is 10.7 Å². The minimum Gasteiger partial charge on any atom is -0.481 e. The number of amides is 1. The zero-order valence-corrected chi connectivity index (χ0v) is 12.1. The summed E-state index contributed by atoms with van der Waals surface area (Å²) in [6.45, 7) is 0. The molecule has 0 radical (unpaired) electrons. The lowest BCUT2D eigenvalue weighted by Crippen LogP contribution is -2.25. The first-order chi connectivity index (χ1) is 10.4. The number of nitrogens with zero attached hydrogens (tertiary/aromatic N) is 1. The number of isocyanates is 1. The van der Waals surface area contributed by atoms with Gasteiger partial charge in [-0.2, -0.15) is 4.99 Å². The molecular weight excluding hydrogens is 308 g/mol. The van der Waals surface area contributed by atoms with E-state index < -0.39 is 30.3 Å². The predicted molar refractivity (Wildman–Crippen MR) is 79.4 cm³/mol. The first-order valence-electron chi connectivity index (χ1n) is 6.20. The van der Waals surface area contributed by atoms with Crippen LogP contribution in [-0.4, -0.2) is 45.7 Å². The minimum absolute atomic E-state index is 0. The van der Waals surface area contributed by atoms with Crippen molar-refractivity contribution in [1.82, 2.24) is 0 Å². The molecule has 1 rings (SSSR count). The molecule has 0 saturated carbocycles. The monoisotopic (exact) mass is 326 g/mol. The maximum atomic E-state index is 10.2. The molecule has 9 nitrogen and oxygen atoms in total. The van der Waals surface area contributed by atoms with Crippen LogP contribution >= 0.6 is 0 Å². The van der Waals surface area contributed by atoms with Crippen molar-refractivity contribution in [2.75, 3.05) is 0 Å². The number of primary amides is 1. The molecule has 1 amide bonds. The second kappa shape index (κ2) is 12.7. The third-order valence-corrected chi connectivity index (χ3v) is 2.36. The van der Waals surface area contributed by atoms with Gasteiger partial charge >= 0.3 is 11.9 Å². The van der Waals surface area contributed by atoms with Crippen LogP contribution in [0.1, 0.15) is 18.4 Å². The summed E-state index contributed by atoms with van der Waals surface area (Å²) in [4.78, 5) is 42.9. The van der Waals surface area contributed by atoms with Crippen LogP contribution in [0.5, 0.6) is 0 Å². The van der Waals surface area contributed by atoms with Gasteiger partial charge in [-0.25, -0.2) is 9.59 Å². The SMILES string of the molecule is NC(=O)CC(N=C=O)C(=O)O.O.O=C(O)CCc1ccccc1. The fourth-order valence-corrected chi connectivity index (χ4v) is 1.34. The average Bonchev–Trinajstić information content (AvgIpc) is 2.46. The molecule has 0 bridgehead atoms. The number of aryl methyl sites for hydroxylation is 1. The van der Waals surface area contributed by atoms with Crippen molar-refractivity contribution < 1.29 is 34.9 Å². The number of benzene rings is 1. The summed E-state index contributed by atoms with van der Waals surface area (Å²) in [6.07, 6.45) is 1.39. The lowest BCUT2D eigenvalue weighted by Gasteiger charge is -1.99. The van der Waals surface area contributed by atoms with E-state index >= 15 is 0 Å². The largest absolute Gasteiger partial charge is 0.481 e. The quantitative estimate of drug-likeness (QED) is 0.450. The van der Waals surface area contributed by atoms with Gasteiger partial charge in [0.25, 0.3) is 0 Å². The van der Waals surface area contributed by atoms with Gasteiger partial charge in [-0.05, 0) is 12.0 Å². The number of hydrogen-bond donors (Lipinski definition) is 3. The summed E-state index contributed by atoms with van der Waals surface area (Å²) >= 11 is 0. The normalized spacial score (nSPS) is 9.91. The van der Waals surface area contributed by atoms with Gasteiger partial charge in [0.15, 0.2) is 6.04 Å². The second-order valence-corrected chi connectivity index (χ2v) is 4.12. The average molecular weight is 326 g/mol. The molecule has 0 aliphatic heterocycles. The fraction of sp³-hybridized carbons (Fsp3) is 0.286. The Balaban J connectivity index is 0. The highest BCUT2D eigenvalue weighted by atomic mass is 16.4. The second-order valence-electron chi connectivity index (χ2n) is 4.12. The van der Waals surface area contributed by atoms with Gasteiger partial charge in [0.05, 0.1) is 6.42 Å². The first kappa shape index (κ1) is 22.3. The van der Waals surface area contributed by atoms with Crippen molar-refractivity contribution in [3.63, 3.8) is 0 Å². The van der Waals surface area contributed by atoms with Crippen molar-refractivity contribution in [3.05, 3.63) is 35.9 Å². The zero-order chi connectivity index (χ0) is 17.0. The van der Waals surface area contributed by atoms with Crippen LogP contribution in [0.4, 0.5) is 0 Å². The summed E-state index contributed by atoms with van der Waals surface area (Å²) < 4.78 is 0. The van der Waals surface area contributed by atoms with Gasteiger partial charge in [0.2, 0.25) is 12.0 Å². The minimum atomic E-state index is -1.40. The van der Waals surface area contributed by atoms with Crippen LogP contribution in [0.25, 0.3) is 0 Å². The molecule has 0 aliphatic carbocycles. The molecule has 0 aliphatic rings. The number of aliphatic imine (C=N–C) groups is 1. The Morgan fingerprint density at radius 2 is 1.74 bits per heavy atom. The van der Waals surface area contributed by atoms with Crippen LogP contribution in [0.15, 0.2) is 35.3 Å². The van der Waals surface area contributed by atoms with Crippen LogP contribution in [-0.2, 0) is 25.6 Å². The molecule has 0 aromatic heterocycles. The molecule has 0 heterocycles. The molecule has 0 spiro atoms. The van der Waals surface area contributed by atoms with E-state index in [0.717, 1.165) is 11.6 Å².